The number of benzene rings is 2. The minimum atomic E-state index is -0.839. The van der Waals surface area contributed by atoms with Crippen LogP contribution in [-0.4, -0.2) is 32.1 Å². The van der Waals surface area contributed by atoms with Gasteiger partial charge in [-0.3, -0.25) is 4.79 Å². The van der Waals surface area contributed by atoms with E-state index in [1.165, 1.54) is 12.1 Å². The Bertz CT molecular complexity index is 1140. The highest BCUT2D eigenvalue weighted by molar-refractivity contribution is 6.04. The average molecular weight is 413 g/mol. The van der Waals surface area contributed by atoms with Crippen LogP contribution in [0, 0.1) is 11.6 Å². The van der Waals surface area contributed by atoms with Gasteiger partial charge in [0.15, 0.2) is 5.82 Å². The van der Waals surface area contributed by atoms with Crippen LogP contribution in [0.3, 0.4) is 0 Å². The van der Waals surface area contributed by atoms with Gasteiger partial charge in [-0.2, -0.15) is 4.68 Å². The van der Waals surface area contributed by atoms with Crippen molar-refractivity contribution in [3.8, 4) is 17.1 Å². The molecule has 0 unspecified atom stereocenters. The Kier molecular flexibility index (Phi) is 5.81. The maximum Gasteiger partial charge on any atom is 0.316 e. The number of nitrogens with two attached hydrogens (primary N) is 1. The van der Waals surface area contributed by atoms with Gasteiger partial charge in [0.2, 0.25) is 0 Å². The summed E-state index contributed by atoms with van der Waals surface area (Å²) in [6, 6.07) is 6.51. The topological polar surface area (TPSA) is 128 Å². The third-order valence-electron chi connectivity index (χ3n) is 4.13. The first-order valence-corrected chi connectivity index (χ1v) is 8.68. The van der Waals surface area contributed by atoms with Crippen molar-refractivity contribution < 1.29 is 18.4 Å². The molecule has 3 rings (SSSR count). The smallest absolute Gasteiger partial charge is 0.316 e. The van der Waals surface area contributed by atoms with Gasteiger partial charge in [-0.1, -0.05) is 6.08 Å². The monoisotopic (exact) mass is 413 g/mol. The molecule has 1 aromatic heterocycles. The summed E-state index contributed by atoms with van der Waals surface area (Å²) in [6.45, 7) is 3.38. The molecule has 3 aromatic rings. The molecule has 3 amide bonds. The third-order valence-corrected chi connectivity index (χ3v) is 4.13. The van der Waals surface area contributed by atoms with Gasteiger partial charge in [-0.15, -0.1) is 5.10 Å². The van der Waals surface area contributed by atoms with E-state index in [2.05, 4.69) is 26.2 Å². The van der Waals surface area contributed by atoms with E-state index in [1.54, 1.807) is 26.0 Å². The average Bonchev–Trinajstić information content (AvgIpc) is 3.17. The molecule has 0 aliphatic carbocycles. The molecule has 154 valence electrons. The molecule has 2 aromatic carbocycles. The molecule has 30 heavy (non-hydrogen) atoms. The Morgan fingerprint density at radius 1 is 1.10 bits per heavy atom. The van der Waals surface area contributed by atoms with Crippen molar-refractivity contribution in [3.05, 3.63) is 59.7 Å². The first-order valence-electron chi connectivity index (χ1n) is 8.68. The van der Waals surface area contributed by atoms with Crippen molar-refractivity contribution >= 4 is 23.3 Å². The van der Waals surface area contributed by atoms with Crippen LogP contribution >= 0.6 is 0 Å². The number of tetrazole rings is 1. The van der Waals surface area contributed by atoms with E-state index in [0.29, 0.717) is 17.3 Å². The molecular formula is C19H17F2N7O2. The first-order chi connectivity index (χ1) is 14.3. The minimum absolute atomic E-state index is 0.0247. The van der Waals surface area contributed by atoms with Crippen LogP contribution in [0.15, 0.2) is 48.0 Å². The van der Waals surface area contributed by atoms with E-state index in [0.717, 1.165) is 16.8 Å². The summed E-state index contributed by atoms with van der Waals surface area (Å²) < 4.78 is 28.4. The number of hydrogen-bond donors (Lipinski definition) is 3. The highest BCUT2D eigenvalue weighted by Gasteiger charge is 2.18. The van der Waals surface area contributed by atoms with Gasteiger partial charge in [-0.25, -0.2) is 13.6 Å². The van der Waals surface area contributed by atoms with Crippen LogP contribution in [0.1, 0.15) is 13.8 Å². The Morgan fingerprint density at radius 3 is 2.43 bits per heavy atom. The number of nitrogens with one attached hydrogen (secondary N) is 2. The lowest BCUT2D eigenvalue weighted by Gasteiger charge is -2.13. The van der Waals surface area contributed by atoms with Crippen LogP contribution in [0.2, 0.25) is 0 Å². The predicted octanol–water partition coefficient (Wildman–Crippen LogP) is 3.00. The van der Waals surface area contributed by atoms with Crippen molar-refractivity contribution in [1.82, 2.24) is 20.2 Å². The minimum Gasteiger partial charge on any atom is -0.351 e. The molecule has 0 fully saturated rings. The number of carbonyl (C=O) groups excluding carboxylic acids is 2. The Labute approximate surface area is 169 Å². The Morgan fingerprint density at radius 2 is 1.80 bits per heavy atom. The highest BCUT2D eigenvalue weighted by atomic mass is 19.1. The number of urea groups is 1. The SMILES string of the molecule is C/C=C(\C)C(=O)Nc1ccc(NC(N)=O)c(-c2nnnn2-c2cc(F)cc(F)c2)c1. The van der Waals surface area contributed by atoms with Gasteiger partial charge in [0.05, 0.1) is 11.4 Å². The first kappa shape index (κ1) is 20.6. The zero-order valence-electron chi connectivity index (χ0n) is 16.0. The third kappa shape index (κ3) is 4.46. The van der Waals surface area contributed by atoms with E-state index < -0.39 is 17.7 Å². The van der Waals surface area contributed by atoms with Crippen LogP contribution in [0.5, 0.6) is 0 Å². The predicted molar refractivity (Wildman–Crippen MR) is 106 cm³/mol. The zero-order valence-corrected chi connectivity index (χ0v) is 16.0. The number of allylic oxidation sites excluding steroid dienone is 1. The second-order valence-electron chi connectivity index (χ2n) is 6.22. The number of amides is 3. The molecule has 0 saturated carbocycles. The summed E-state index contributed by atoms with van der Waals surface area (Å²) in [5.74, 6) is -1.90. The van der Waals surface area contributed by atoms with Gasteiger partial charge in [-0.05, 0) is 54.6 Å². The quantitative estimate of drug-likeness (QED) is 0.554. The molecule has 0 radical (unpaired) electrons. The van der Waals surface area contributed by atoms with E-state index in [4.69, 9.17) is 5.73 Å². The molecule has 0 spiro atoms. The largest absolute Gasteiger partial charge is 0.351 e. The number of anilines is 2. The lowest BCUT2D eigenvalue weighted by atomic mass is 10.1. The molecule has 0 aliphatic heterocycles. The van der Waals surface area contributed by atoms with Crippen molar-refractivity contribution in [3.63, 3.8) is 0 Å². The molecule has 11 heteroatoms. The van der Waals surface area contributed by atoms with Crippen LogP contribution < -0.4 is 16.4 Å². The summed E-state index contributed by atoms with van der Waals surface area (Å²) in [5.41, 5.74) is 6.62. The van der Waals surface area contributed by atoms with Crippen molar-refractivity contribution in [2.24, 2.45) is 5.73 Å². The number of carbonyl (C=O) groups is 2. The fraction of sp³-hybridized carbons (Fsp3) is 0.105. The van der Waals surface area contributed by atoms with Crippen LogP contribution in [0.4, 0.5) is 25.0 Å². The van der Waals surface area contributed by atoms with Gasteiger partial charge >= 0.3 is 6.03 Å². The van der Waals surface area contributed by atoms with Crippen LogP contribution in [0.25, 0.3) is 17.1 Å². The molecule has 0 saturated heterocycles. The number of rotatable bonds is 5. The summed E-state index contributed by atoms with van der Waals surface area (Å²) in [7, 11) is 0. The summed E-state index contributed by atoms with van der Waals surface area (Å²) >= 11 is 0. The Hall–Kier alpha value is -4.15. The fourth-order valence-corrected chi connectivity index (χ4v) is 2.60. The van der Waals surface area contributed by atoms with Gasteiger partial charge < -0.3 is 16.4 Å². The van der Waals surface area contributed by atoms with Crippen molar-refractivity contribution in [2.75, 3.05) is 10.6 Å². The molecule has 4 N–H and O–H groups in total. The van der Waals surface area contributed by atoms with Gasteiger partial charge in [0, 0.05) is 22.9 Å². The van der Waals surface area contributed by atoms with E-state index in [9.17, 15) is 18.4 Å². The summed E-state index contributed by atoms with van der Waals surface area (Å²) in [5, 5.41) is 16.4. The Balaban J connectivity index is 2.12. The number of primary amides is 1. The maximum absolute atomic E-state index is 13.7. The van der Waals surface area contributed by atoms with Crippen molar-refractivity contribution in [2.45, 2.75) is 13.8 Å². The van der Waals surface area contributed by atoms with E-state index in [-0.39, 0.29) is 28.7 Å². The standard InChI is InChI=1S/C19H17F2N7O2/c1-3-10(2)18(29)23-13-4-5-16(24-19(22)30)15(9-13)17-25-26-27-28(17)14-7-11(20)6-12(21)8-14/h3-9H,1-2H3,(H,23,29)(H3,22,24,30)/b10-3+. The molecule has 9 nitrogen and oxygen atoms in total. The maximum atomic E-state index is 13.7. The number of halogens is 2. The van der Waals surface area contributed by atoms with Crippen molar-refractivity contribution in [1.29, 1.82) is 0 Å². The molecule has 1 heterocycles. The lowest BCUT2D eigenvalue weighted by Crippen LogP contribution is -2.20. The normalized spacial score (nSPS) is 11.3. The van der Waals surface area contributed by atoms with E-state index in [1.807, 2.05) is 0 Å². The molecule has 0 bridgehead atoms. The summed E-state index contributed by atoms with van der Waals surface area (Å²) in [4.78, 5) is 23.6. The van der Waals surface area contributed by atoms with Crippen LogP contribution in [-0.2, 0) is 4.79 Å². The van der Waals surface area contributed by atoms with E-state index >= 15 is 0 Å². The second kappa shape index (κ2) is 8.47. The highest BCUT2D eigenvalue weighted by Crippen LogP contribution is 2.31. The molecule has 0 atom stereocenters. The second-order valence-corrected chi connectivity index (χ2v) is 6.22. The molecular weight excluding hydrogens is 396 g/mol. The fourth-order valence-electron chi connectivity index (χ4n) is 2.60. The van der Waals surface area contributed by atoms with Gasteiger partial charge in [0.25, 0.3) is 5.91 Å². The zero-order chi connectivity index (χ0) is 21.8. The lowest BCUT2D eigenvalue weighted by molar-refractivity contribution is -0.112. The summed E-state index contributed by atoms with van der Waals surface area (Å²) in [6.07, 6.45) is 1.65. The molecule has 0 aliphatic rings. The number of hydrogen-bond acceptors (Lipinski definition) is 5. The van der Waals surface area contributed by atoms with Gasteiger partial charge in [0.1, 0.15) is 11.6 Å². The number of aromatic nitrogens is 4. The number of nitrogens with zero attached hydrogens (tertiary/aromatic N) is 4.